The normalized spacial score (nSPS) is 25.3. The number of imidazole rings is 1. The summed E-state index contributed by atoms with van der Waals surface area (Å²) in [4.78, 5) is 17.5. The molecule has 2 atom stereocenters. The Balaban J connectivity index is 1.37. The number of pyridine rings is 1. The van der Waals surface area contributed by atoms with Crippen LogP contribution in [0, 0.1) is 0 Å². The van der Waals surface area contributed by atoms with Gasteiger partial charge in [-0.1, -0.05) is 12.0 Å². The predicted molar refractivity (Wildman–Crippen MR) is 110 cm³/mol. The second-order valence-corrected chi connectivity index (χ2v) is 8.33. The van der Waals surface area contributed by atoms with Crippen LogP contribution in [0.25, 0.3) is 23.2 Å². The molecule has 2 bridgehead atoms. The van der Waals surface area contributed by atoms with E-state index in [2.05, 4.69) is 38.3 Å². The molecule has 0 radical (unpaired) electrons. The first-order valence-electron chi connectivity index (χ1n) is 10.0. The Kier molecular flexibility index (Phi) is 4.39. The van der Waals surface area contributed by atoms with Crippen LogP contribution in [0.4, 0.5) is 0 Å². The van der Waals surface area contributed by atoms with Crippen LogP contribution in [-0.2, 0) is 0 Å². The Labute approximate surface area is 169 Å². The van der Waals surface area contributed by atoms with Crippen LogP contribution in [-0.4, -0.2) is 41.2 Å². The molecule has 2 saturated heterocycles. The first-order valence-corrected chi connectivity index (χ1v) is 10.0. The summed E-state index contributed by atoms with van der Waals surface area (Å²) in [5.41, 5.74) is 3.67. The van der Waals surface area contributed by atoms with Gasteiger partial charge in [-0.3, -0.25) is 14.5 Å². The molecule has 2 aliphatic rings. The minimum Gasteiger partial charge on any atom is -0.507 e. The molecule has 0 amide bonds. The topological polar surface area (TPSA) is 88.8 Å². The molecule has 148 valence electrons. The van der Waals surface area contributed by atoms with Crippen molar-refractivity contribution in [1.82, 2.24) is 29.8 Å². The lowest BCUT2D eigenvalue weighted by atomic mass is 9.75. The van der Waals surface area contributed by atoms with E-state index >= 15 is 0 Å². The van der Waals surface area contributed by atoms with E-state index in [1.807, 2.05) is 0 Å². The van der Waals surface area contributed by atoms with E-state index in [4.69, 9.17) is 0 Å². The highest BCUT2D eigenvalue weighted by atomic mass is 16.3. The van der Waals surface area contributed by atoms with Gasteiger partial charge < -0.3 is 10.4 Å². The maximum absolute atomic E-state index is 10.4. The predicted octanol–water partition coefficient (Wildman–Crippen LogP) is 3.51. The van der Waals surface area contributed by atoms with E-state index in [0.717, 1.165) is 18.5 Å². The van der Waals surface area contributed by atoms with E-state index in [1.165, 1.54) is 24.8 Å². The van der Waals surface area contributed by atoms with Crippen LogP contribution in [0.5, 0.6) is 5.75 Å². The van der Waals surface area contributed by atoms with Gasteiger partial charge in [0.05, 0.1) is 29.3 Å². The van der Waals surface area contributed by atoms with Gasteiger partial charge in [-0.25, -0.2) is 9.97 Å². The fourth-order valence-corrected chi connectivity index (χ4v) is 4.60. The summed E-state index contributed by atoms with van der Waals surface area (Å²) >= 11 is 0. The third-order valence-corrected chi connectivity index (χ3v) is 5.90. The fraction of sp³-hybridized carbons (Fsp3) is 0.364. The number of hydrogen-bond acceptors (Lipinski definition) is 6. The van der Waals surface area contributed by atoms with Gasteiger partial charge in [0.25, 0.3) is 0 Å². The third kappa shape index (κ3) is 3.65. The summed E-state index contributed by atoms with van der Waals surface area (Å²) in [6, 6.07) is 2.18. The van der Waals surface area contributed by atoms with E-state index in [-0.39, 0.29) is 11.3 Å². The number of aromatic nitrogens is 5. The van der Waals surface area contributed by atoms with Crippen molar-refractivity contribution in [2.24, 2.45) is 0 Å². The minimum absolute atomic E-state index is 0.114. The van der Waals surface area contributed by atoms with Gasteiger partial charge in [0.1, 0.15) is 17.9 Å². The number of hydrogen-bond donors (Lipinski definition) is 2. The number of aromatic hydroxyl groups is 1. The summed E-state index contributed by atoms with van der Waals surface area (Å²) < 4.78 is 1.74. The highest BCUT2D eigenvalue weighted by molar-refractivity contribution is 5.66. The number of piperidine rings is 2. The van der Waals surface area contributed by atoms with Gasteiger partial charge in [0.15, 0.2) is 0 Å². The molecule has 0 unspecified atom stereocenters. The molecule has 7 nitrogen and oxygen atoms in total. The molecule has 5 rings (SSSR count). The van der Waals surface area contributed by atoms with Crippen LogP contribution in [0.15, 0.2) is 49.0 Å². The quantitative estimate of drug-likeness (QED) is 0.714. The largest absolute Gasteiger partial charge is 0.507 e. The molecule has 7 heteroatoms. The van der Waals surface area contributed by atoms with Crippen molar-refractivity contribution in [3.05, 3.63) is 54.6 Å². The van der Waals surface area contributed by atoms with Crippen molar-refractivity contribution in [3.63, 3.8) is 0 Å². The van der Waals surface area contributed by atoms with Crippen molar-refractivity contribution in [2.45, 2.75) is 50.6 Å². The van der Waals surface area contributed by atoms with Crippen molar-refractivity contribution in [1.29, 1.82) is 0 Å². The first-order chi connectivity index (χ1) is 14.1. The second-order valence-electron chi connectivity index (χ2n) is 8.33. The van der Waals surface area contributed by atoms with E-state index in [0.29, 0.717) is 23.1 Å². The average molecular weight is 388 g/mol. The minimum atomic E-state index is 0.114. The Morgan fingerprint density at radius 3 is 2.90 bits per heavy atom. The molecule has 3 aromatic heterocycles. The van der Waals surface area contributed by atoms with Gasteiger partial charge in [0.2, 0.25) is 0 Å². The van der Waals surface area contributed by atoms with Crippen molar-refractivity contribution in [3.8, 4) is 22.8 Å². The third-order valence-electron chi connectivity index (χ3n) is 5.90. The lowest BCUT2D eigenvalue weighted by molar-refractivity contribution is 0.192. The molecule has 5 heterocycles. The van der Waals surface area contributed by atoms with Crippen LogP contribution >= 0.6 is 0 Å². The lowest BCUT2D eigenvalue weighted by Crippen LogP contribution is -2.55. The zero-order valence-electron chi connectivity index (χ0n) is 16.4. The summed E-state index contributed by atoms with van der Waals surface area (Å²) in [6.07, 6.45) is 18.3. The maximum Gasteiger partial charge on any atom is 0.141 e. The molecule has 2 fully saturated rings. The molecular formula is C22H24N6O. The second kappa shape index (κ2) is 7.08. The van der Waals surface area contributed by atoms with Crippen molar-refractivity contribution < 1.29 is 5.11 Å². The zero-order chi connectivity index (χ0) is 19.8. The van der Waals surface area contributed by atoms with Crippen LogP contribution in [0.1, 0.15) is 44.7 Å². The highest BCUT2D eigenvalue weighted by Gasteiger charge is 2.36. The summed E-state index contributed by atoms with van der Waals surface area (Å²) in [5, 5.41) is 14.2. The molecule has 0 saturated carbocycles. The smallest absolute Gasteiger partial charge is 0.141 e. The highest BCUT2D eigenvalue weighted by Crippen LogP contribution is 2.37. The Bertz CT molecular complexity index is 1040. The molecule has 0 aromatic carbocycles. The molecular weight excluding hydrogens is 364 g/mol. The van der Waals surface area contributed by atoms with Crippen LogP contribution in [0.2, 0.25) is 0 Å². The SMILES string of the molecule is C[C@]12CCC[C@H](C/C(=C\c3cnc(-c4cnc(-n5ccnc5)cc4O)cn3)C1)N2. The van der Waals surface area contributed by atoms with Crippen molar-refractivity contribution >= 4 is 6.08 Å². The summed E-state index contributed by atoms with van der Waals surface area (Å²) in [5.74, 6) is 0.714. The van der Waals surface area contributed by atoms with E-state index in [1.54, 1.807) is 47.9 Å². The number of nitrogens with one attached hydrogen (secondary N) is 1. The molecule has 0 spiro atoms. The summed E-state index contributed by atoms with van der Waals surface area (Å²) in [6.45, 7) is 2.32. The van der Waals surface area contributed by atoms with E-state index < -0.39 is 0 Å². The molecule has 3 aromatic rings. The number of rotatable bonds is 3. The summed E-state index contributed by atoms with van der Waals surface area (Å²) in [7, 11) is 0. The lowest BCUT2D eigenvalue weighted by Gasteiger charge is -2.45. The first kappa shape index (κ1) is 18.0. The Morgan fingerprint density at radius 1 is 1.24 bits per heavy atom. The van der Waals surface area contributed by atoms with E-state index in [9.17, 15) is 5.11 Å². The molecule has 2 N–H and O–H groups in total. The van der Waals surface area contributed by atoms with Gasteiger partial charge in [0, 0.05) is 36.2 Å². The zero-order valence-corrected chi connectivity index (χ0v) is 16.4. The Hall–Kier alpha value is -3.06. The number of fused-ring (bicyclic) bond motifs is 2. The number of nitrogens with zero attached hydrogens (tertiary/aromatic N) is 5. The fourth-order valence-electron chi connectivity index (χ4n) is 4.60. The van der Waals surface area contributed by atoms with Crippen molar-refractivity contribution in [2.75, 3.05) is 0 Å². The molecule has 29 heavy (non-hydrogen) atoms. The monoisotopic (exact) mass is 388 g/mol. The molecule has 2 aliphatic heterocycles. The van der Waals surface area contributed by atoms with Gasteiger partial charge in [-0.2, -0.15) is 0 Å². The van der Waals surface area contributed by atoms with Crippen LogP contribution in [0.3, 0.4) is 0 Å². The standard InChI is InChI=1S/C22H24N6O/c1-22-4-2-3-16(27-22)7-15(10-22)8-17-11-25-19(13-24-17)18-12-26-21(9-20(18)29)28-6-5-23-14-28/h5-6,8-9,11-14,16,27H,2-4,7,10H2,1H3,(H,26,29)/b15-8+/t16-,22+/m1/s1. The van der Waals surface area contributed by atoms with Gasteiger partial charge in [-0.15, -0.1) is 0 Å². The molecule has 0 aliphatic carbocycles. The maximum atomic E-state index is 10.4. The van der Waals surface area contributed by atoms with Gasteiger partial charge in [-0.05, 0) is 38.7 Å². The Morgan fingerprint density at radius 2 is 2.17 bits per heavy atom. The van der Waals surface area contributed by atoms with Gasteiger partial charge >= 0.3 is 0 Å². The van der Waals surface area contributed by atoms with Crippen LogP contribution < -0.4 is 5.32 Å². The average Bonchev–Trinajstić information content (AvgIpc) is 3.23.